The highest BCUT2D eigenvalue weighted by atomic mass is 19.1. The molecule has 0 aliphatic carbocycles. The van der Waals surface area contributed by atoms with Crippen molar-refractivity contribution >= 4 is 11.8 Å². The summed E-state index contributed by atoms with van der Waals surface area (Å²) in [5.41, 5.74) is 0.971. The van der Waals surface area contributed by atoms with Crippen LogP contribution in [0.2, 0.25) is 0 Å². The molecule has 0 saturated carbocycles. The second-order valence-electron chi connectivity index (χ2n) is 7.33. The van der Waals surface area contributed by atoms with Gasteiger partial charge in [-0.15, -0.1) is 0 Å². The minimum atomic E-state index is -0.744. The average molecular weight is 385 g/mol. The number of halogens is 1. The zero-order chi connectivity index (χ0) is 20.3. The number of aromatic nitrogens is 1. The number of carbonyl (C=O) groups excluding carboxylic acids is 2. The van der Waals surface area contributed by atoms with Crippen LogP contribution in [0.1, 0.15) is 50.6 Å². The van der Waals surface area contributed by atoms with E-state index in [0.29, 0.717) is 24.1 Å². The number of carbonyl (C=O) groups is 2. The molecule has 3 heterocycles. The van der Waals surface area contributed by atoms with Gasteiger partial charge in [0.05, 0.1) is 5.56 Å². The smallest absolute Gasteiger partial charge is 0.295 e. The number of aryl methyl sites for hydroxylation is 1. The minimum absolute atomic E-state index is 0.0998. The third-order valence-electron chi connectivity index (χ3n) is 5.67. The van der Waals surface area contributed by atoms with E-state index in [-0.39, 0.29) is 29.5 Å². The third kappa shape index (κ3) is 2.44. The molecule has 1 atom stereocenters. The Kier molecular flexibility index (Phi) is 4.02. The van der Waals surface area contributed by atoms with Crippen molar-refractivity contribution in [2.75, 3.05) is 13.6 Å². The van der Waals surface area contributed by atoms with Gasteiger partial charge in [-0.3, -0.25) is 19.0 Å². The van der Waals surface area contributed by atoms with Gasteiger partial charge in [-0.05, 0) is 37.5 Å². The van der Waals surface area contributed by atoms with Gasteiger partial charge in [0.15, 0.2) is 5.75 Å². The highest BCUT2D eigenvalue weighted by Crippen LogP contribution is 2.34. The molecule has 1 aromatic heterocycles. The fraction of sp³-hybridized carbons (Fsp3) is 0.350. The molecule has 28 heavy (non-hydrogen) atoms. The molecule has 0 spiro atoms. The lowest BCUT2D eigenvalue weighted by Gasteiger charge is -2.30. The molecule has 0 radical (unpaired) electrons. The Morgan fingerprint density at radius 1 is 1.21 bits per heavy atom. The fourth-order valence-corrected chi connectivity index (χ4v) is 3.98. The molecule has 1 aromatic carbocycles. The predicted octanol–water partition coefficient (Wildman–Crippen LogP) is 1.80. The lowest BCUT2D eigenvalue weighted by atomic mass is 9.95. The number of hydrogen-bond donors (Lipinski definition) is 1. The molecule has 2 aromatic rings. The topological polar surface area (TPSA) is 82.8 Å². The molecule has 1 N–H and O–H groups in total. The van der Waals surface area contributed by atoms with Crippen molar-refractivity contribution in [2.24, 2.45) is 0 Å². The molecule has 146 valence electrons. The number of pyridine rings is 1. The Hall–Kier alpha value is -3.16. The number of rotatable bonds is 2. The van der Waals surface area contributed by atoms with Crippen molar-refractivity contribution in [3.05, 3.63) is 62.3 Å². The third-order valence-corrected chi connectivity index (χ3v) is 5.67. The van der Waals surface area contributed by atoms with Crippen LogP contribution in [-0.2, 0) is 13.0 Å². The first-order valence-electron chi connectivity index (χ1n) is 9.04. The Labute approximate surface area is 160 Å². The van der Waals surface area contributed by atoms with E-state index in [2.05, 4.69) is 0 Å². The van der Waals surface area contributed by atoms with Gasteiger partial charge in [-0.1, -0.05) is 12.1 Å². The lowest BCUT2D eigenvalue weighted by Crippen LogP contribution is -2.40. The number of amides is 2. The maximum Gasteiger partial charge on any atom is 0.295 e. The average Bonchev–Trinajstić information content (AvgIpc) is 2.89. The summed E-state index contributed by atoms with van der Waals surface area (Å²) in [6.45, 7) is 3.89. The van der Waals surface area contributed by atoms with Crippen LogP contribution in [0.15, 0.2) is 23.0 Å². The van der Waals surface area contributed by atoms with Gasteiger partial charge in [-0.25, -0.2) is 4.39 Å². The molecular weight excluding hydrogens is 365 g/mol. The maximum absolute atomic E-state index is 13.5. The summed E-state index contributed by atoms with van der Waals surface area (Å²) in [6.07, 6.45) is -0.182. The van der Waals surface area contributed by atoms with Gasteiger partial charge in [0, 0.05) is 25.7 Å². The zero-order valence-corrected chi connectivity index (χ0v) is 15.8. The van der Waals surface area contributed by atoms with Crippen LogP contribution in [0, 0.1) is 12.7 Å². The number of hydrogen-bond acceptors (Lipinski definition) is 4. The van der Waals surface area contributed by atoms with Gasteiger partial charge < -0.3 is 14.9 Å². The van der Waals surface area contributed by atoms with Crippen LogP contribution in [0.3, 0.4) is 0 Å². The van der Waals surface area contributed by atoms with Crippen molar-refractivity contribution in [2.45, 2.75) is 33.0 Å². The Balaban J connectivity index is 1.77. The first-order chi connectivity index (χ1) is 13.2. The van der Waals surface area contributed by atoms with Crippen LogP contribution in [0.5, 0.6) is 5.75 Å². The van der Waals surface area contributed by atoms with E-state index in [4.69, 9.17) is 0 Å². The molecule has 2 aliphatic rings. The molecule has 8 heteroatoms. The zero-order valence-electron chi connectivity index (χ0n) is 15.8. The normalized spacial score (nSPS) is 18.5. The minimum Gasteiger partial charge on any atom is -0.502 e. The Bertz CT molecular complexity index is 1090. The SMILES string of the molecule is Cc1cc(CN2CCc3c(c(O)c(=O)n4c3C(=O)N(C)C4C)C2=O)ccc1F. The van der Waals surface area contributed by atoms with E-state index in [1.54, 1.807) is 33.0 Å². The molecular formula is C20H20FN3O4. The van der Waals surface area contributed by atoms with Gasteiger partial charge in [-0.2, -0.15) is 0 Å². The van der Waals surface area contributed by atoms with Gasteiger partial charge in [0.25, 0.3) is 17.4 Å². The van der Waals surface area contributed by atoms with Gasteiger partial charge >= 0.3 is 0 Å². The van der Waals surface area contributed by atoms with E-state index in [1.165, 1.54) is 20.4 Å². The standard InChI is InChI=1S/C20H20FN3O4/c1-10-8-12(4-5-14(10)21)9-23-7-6-13-15(18(23)26)17(25)20(28)24-11(2)22(3)19(27)16(13)24/h4-5,8,11,25H,6-7,9H2,1-3H3. The predicted molar refractivity (Wildman–Crippen MR) is 98.8 cm³/mol. The maximum atomic E-state index is 13.5. The van der Waals surface area contributed by atoms with Crippen molar-refractivity contribution < 1.29 is 19.1 Å². The molecule has 2 aliphatic heterocycles. The second kappa shape index (κ2) is 6.19. The van der Waals surface area contributed by atoms with Crippen LogP contribution < -0.4 is 5.56 Å². The summed E-state index contributed by atoms with van der Waals surface area (Å²) in [7, 11) is 1.58. The number of benzene rings is 1. The van der Waals surface area contributed by atoms with Gasteiger partial charge in [0.2, 0.25) is 0 Å². The Morgan fingerprint density at radius 2 is 1.93 bits per heavy atom. The number of aromatic hydroxyl groups is 1. The molecule has 4 rings (SSSR count). The van der Waals surface area contributed by atoms with E-state index in [1.807, 2.05) is 0 Å². The first-order valence-corrected chi connectivity index (χ1v) is 9.04. The largest absolute Gasteiger partial charge is 0.502 e. The van der Waals surface area contributed by atoms with Crippen LogP contribution in [-0.4, -0.2) is 44.9 Å². The van der Waals surface area contributed by atoms with Crippen LogP contribution in [0.25, 0.3) is 0 Å². The monoisotopic (exact) mass is 385 g/mol. The van der Waals surface area contributed by atoms with E-state index >= 15 is 0 Å². The Morgan fingerprint density at radius 3 is 2.61 bits per heavy atom. The highest BCUT2D eigenvalue weighted by Gasteiger charge is 2.41. The summed E-state index contributed by atoms with van der Waals surface area (Å²) < 4.78 is 14.7. The molecule has 0 fully saturated rings. The summed E-state index contributed by atoms with van der Waals surface area (Å²) in [5, 5.41) is 10.5. The van der Waals surface area contributed by atoms with Crippen LogP contribution >= 0.6 is 0 Å². The molecule has 7 nitrogen and oxygen atoms in total. The number of nitrogens with zero attached hydrogens (tertiary/aromatic N) is 3. The van der Waals surface area contributed by atoms with Crippen molar-refractivity contribution in [3.63, 3.8) is 0 Å². The van der Waals surface area contributed by atoms with Crippen LogP contribution in [0.4, 0.5) is 4.39 Å². The lowest BCUT2D eigenvalue weighted by molar-refractivity contribution is 0.0721. The molecule has 1 unspecified atom stereocenters. The molecule has 0 bridgehead atoms. The number of fused-ring (bicyclic) bond motifs is 3. The second-order valence-corrected chi connectivity index (χ2v) is 7.33. The van der Waals surface area contributed by atoms with E-state index in [0.717, 1.165) is 5.56 Å². The van der Waals surface area contributed by atoms with E-state index < -0.39 is 23.4 Å². The highest BCUT2D eigenvalue weighted by molar-refractivity contribution is 6.04. The summed E-state index contributed by atoms with van der Waals surface area (Å²) >= 11 is 0. The van der Waals surface area contributed by atoms with Crippen molar-refractivity contribution in [1.82, 2.24) is 14.4 Å². The summed E-state index contributed by atoms with van der Waals surface area (Å²) in [6, 6.07) is 4.61. The quantitative estimate of drug-likeness (QED) is 0.855. The van der Waals surface area contributed by atoms with Gasteiger partial charge in [0.1, 0.15) is 17.7 Å². The van der Waals surface area contributed by atoms with E-state index in [9.17, 15) is 23.9 Å². The summed E-state index contributed by atoms with van der Waals surface area (Å²) in [5.74, 6) is -1.79. The summed E-state index contributed by atoms with van der Waals surface area (Å²) in [4.78, 5) is 41.2. The van der Waals surface area contributed by atoms with Crippen molar-refractivity contribution in [3.8, 4) is 5.75 Å². The molecule has 2 amide bonds. The molecule has 0 saturated heterocycles. The van der Waals surface area contributed by atoms with Crippen molar-refractivity contribution in [1.29, 1.82) is 0 Å². The first kappa shape index (κ1) is 18.2. The fourth-order valence-electron chi connectivity index (χ4n) is 3.98.